The van der Waals surface area contributed by atoms with E-state index in [0.717, 1.165) is 11.1 Å². The molecule has 0 bridgehead atoms. The highest BCUT2D eigenvalue weighted by Crippen LogP contribution is 2.25. The summed E-state index contributed by atoms with van der Waals surface area (Å²) in [6, 6.07) is 10.5. The van der Waals surface area contributed by atoms with Crippen LogP contribution in [0.4, 0.5) is 5.69 Å². The molecule has 1 aliphatic heterocycles. The lowest BCUT2D eigenvalue weighted by atomic mass is 10.2. The van der Waals surface area contributed by atoms with Crippen LogP contribution in [0.1, 0.15) is 5.56 Å². The van der Waals surface area contributed by atoms with Crippen molar-refractivity contribution in [3.63, 3.8) is 0 Å². The number of para-hydroxylation sites is 1. The number of hydrogen-bond acceptors (Lipinski definition) is 9. The molecule has 0 aromatic heterocycles. The summed E-state index contributed by atoms with van der Waals surface area (Å²) < 4.78 is 57.9. The first-order valence-electron chi connectivity index (χ1n) is 9.99. The first-order valence-corrected chi connectivity index (χ1v) is 13.1. The number of nitro benzene ring substituents is 1. The van der Waals surface area contributed by atoms with Crippen LogP contribution in [-0.2, 0) is 30.6 Å². The summed E-state index contributed by atoms with van der Waals surface area (Å²) in [6.45, 7) is -0.616. The van der Waals surface area contributed by atoms with Crippen molar-refractivity contribution in [3.05, 3.63) is 76.4 Å². The van der Waals surface area contributed by atoms with Crippen LogP contribution in [0, 0.1) is 10.1 Å². The number of nitro groups is 1. The van der Waals surface area contributed by atoms with E-state index in [9.17, 15) is 36.9 Å². The number of carbonyl (C=O) groups is 1. The summed E-state index contributed by atoms with van der Waals surface area (Å²) in [5, 5.41) is 21.8. The van der Waals surface area contributed by atoms with Gasteiger partial charge in [0.1, 0.15) is 5.75 Å². The second-order valence-electron chi connectivity index (χ2n) is 7.32. The molecule has 3 rings (SSSR count). The third kappa shape index (κ3) is 6.01. The van der Waals surface area contributed by atoms with Crippen molar-refractivity contribution < 1.29 is 36.4 Å². The number of carboxylic acids is 1. The summed E-state index contributed by atoms with van der Waals surface area (Å²) in [7, 11) is -7.37. The fourth-order valence-corrected chi connectivity index (χ4v) is 6.15. The van der Waals surface area contributed by atoms with Gasteiger partial charge in [-0.15, -0.1) is 4.83 Å². The maximum atomic E-state index is 13.3. The Balaban J connectivity index is 1.94. The van der Waals surface area contributed by atoms with Gasteiger partial charge in [0.25, 0.3) is 5.69 Å². The minimum absolute atomic E-state index is 0.120. The van der Waals surface area contributed by atoms with E-state index >= 15 is 0 Å². The summed E-state index contributed by atoms with van der Waals surface area (Å²) >= 11 is 0. The molecule has 13 nitrogen and oxygen atoms in total. The van der Waals surface area contributed by atoms with Crippen molar-refractivity contribution >= 4 is 31.7 Å². The van der Waals surface area contributed by atoms with Gasteiger partial charge < -0.3 is 9.84 Å². The SMILES string of the molecule is COc1ccc(S(=O)(=O)N2CC=CCN(NS(=O)(=O)Cc3ccccc3[N+](=O)[O-])C2C(=O)O)cc1. The van der Waals surface area contributed by atoms with Crippen LogP contribution in [0.5, 0.6) is 5.75 Å². The van der Waals surface area contributed by atoms with Crippen molar-refractivity contribution in [2.24, 2.45) is 0 Å². The zero-order valence-electron chi connectivity index (χ0n) is 18.3. The van der Waals surface area contributed by atoms with E-state index in [1.807, 2.05) is 0 Å². The molecular weight excluding hydrogens is 504 g/mol. The minimum atomic E-state index is -4.39. The fourth-order valence-electron chi connectivity index (χ4n) is 3.40. The zero-order valence-corrected chi connectivity index (χ0v) is 20.0. The predicted molar refractivity (Wildman–Crippen MR) is 123 cm³/mol. The van der Waals surface area contributed by atoms with Crippen LogP contribution in [0.25, 0.3) is 0 Å². The van der Waals surface area contributed by atoms with Gasteiger partial charge in [-0.25, -0.2) is 21.6 Å². The third-order valence-electron chi connectivity index (χ3n) is 5.00. The van der Waals surface area contributed by atoms with Crippen molar-refractivity contribution in [1.29, 1.82) is 0 Å². The summed E-state index contributed by atoms with van der Waals surface area (Å²) in [6.07, 6.45) is 0.859. The van der Waals surface area contributed by atoms with Gasteiger partial charge in [0.15, 0.2) is 6.17 Å². The number of nitrogens with zero attached hydrogens (tertiary/aromatic N) is 3. The molecule has 2 aromatic carbocycles. The Labute approximate surface area is 201 Å². The molecule has 1 aliphatic rings. The summed E-state index contributed by atoms with van der Waals surface area (Å²) in [5.74, 6) is -2.07. The topological polar surface area (TPSA) is 176 Å². The third-order valence-corrected chi connectivity index (χ3v) is 8.04. The molecule has 35 heavy (non-hydrogen) atoms. The van der Waals surface area contributed by atoms with Crippen molar-refractivity contribution in [3.8, 4) is 5.75 Å². The molecule has 0 spiro atoms. The van der Waals surface area contributed by atoms with E-state index in [-0.39, 0.29) is 23.5 Å². The Morgan fingerprint density at radius 3 is 2.34 bits per heavy atom. The normalized spacial score (nSPS) is 17.6. The van der Waals surface area contributed by atoms with Crippen LogP contribution in [0.3, 0.4) is 0 Å². The molecule has 2 aromatic rings. The van der Waals surface area contributed by atoms with Gasteiger partial charge in [-0.2, -0.15) is 9.31 Å². The Bertz CT molecular complexity index is 1340. The molecule has 0 saturated heterocycles. The average Bonchev–Trinajstić information content (AvgIpc) is 3.01. The Morgan fingerprint density at radius 1 is 1.11 bits per heavy atom. The molecule has 0 fully saturated rings. The lowest BCUT2D eigenvalue weighted by Gasteiger charge is -2.33. The molecule has 1 unspecified atom stereocenters. The van der Waals surface area contributed by atoms with E-state index in [1.54, 1.807) is 0 Å². The smallest absolute Gasteiger partial charge is 0.338 e. The number of sulfonamides is 2. The van der Waals surface area contributed by atoms with Crippen LogP contribution >= 0.6 is 0 Å². The van der Waals surface area contributed by atoms with E-state index in [0.29, 0.717) is 10.1 Å². The Morgan fingerprint density at radius 2 is 1.74 bits per heavy atom. The van der Waals surface area contributed by atoms with Crippen LogP contribution in [0.15, 0.2) is 65.6 Å². The number of methoxy groups -OCH3 is 1. The van der Waals surface area contributed by atoms with E-state index in [2.05, 4.69) is 4.83 Å². The van der Waals surface area contributed by atoms with Crippen molar-refractivity contribution in [2.45, 2.75) is 16.8 Å². The monoisotopic (exact) mass is 526 g/mol. The number of ether oxygens (including phenoxy) is 1. The molecule has 2 N–H and O–H groups in total. The number of hydrogen-bond donors (Lipinski definition) is 2. The molecule has 1 atom stereocenters. The van der Waals surface area contributed by atoms with Crippen molar-refractivity contribution in [1.82, 2.24) is 14.1 Å². The van der Waals surface area contributed by atoms with E-state index in [4.69, 9.17) is 4.74 Å². The lowest BCUT2D eigenvalue weighted by molar-refractivity contribution is -0.385. The van der Waals surface area contributed by atoms with E-state index < -0.39 is 48.5 Å². The highest BCUT2D eigenvalue weighted by Gasteiger charge is 2.41. The van der Waals surface area contributed by atoms with Gasteiger partial charge in [0.05, 0.1) is 22.7 Å². The Kier molecular flexibility index (Phi) is 7.86. The van der Waals surface area contributed by atoms with Gasteiger partial charge in [-0.1, -0.05) is 30.4 Å². The number of rotatable bonds is 9. The lowest BCUT2D eigenvalue weighted by Crippen LogP contribution is -2.60. The van der Waals surface area contributed by atoms with Crippen LogP contribution < -0.4 is 9.57 Å². The minimum Gasteiger partial charge on any atom is -0.497 e. The largest absolute Gasteiger partial charge is 0.497 e. The van der Waals surface area contributed by atoms with Gasteiger partial charge in [-0.05, 0) is 24.3 Å². The van der Waals surface area contributed by atoms with Gasteiger partial charge >= 0.3 is 5.97 Å². The maximum absolute atomic E-state index is 13.3. The predicted octanol–water partition coefficient (Wildman–Crippen LogP) is 0.911. The second kappa shape index (κ2) is 10.5. The quantitative estimate of drug-likeness (QED) is 0.271. The molecule has 1 heterocycles. The van der Waals surface area contributed by atoms with Gasteiger partial charge in [-0.3, -0.25) is 10.1 Å². The molecule has 0 radical (unpaired) electrons. The Hall–Kier alpha value is -3.37. The summed E-state index contributed by atoms with van der Waals surface area (Å²) in [4.78, 5) is 24.5. The molecule has 188 valence electrons. The maximum Gasteiger partial charge on any atom is 0.338 e. The molecule has 15 heteroatoms. The second-order valence-corrected chi connectivity index (χ2v) is 10.9. The number of carboxylic acid groups (broad SMARTS) is 1. The van der Waals surface area contributed by atoms with Crippen LogP contribution in [0.2, 0.25) is 0 Å². The van der Waals surface area contributed by atoms with E-state index in [1.165, 1.54) is 61.7 Å². The van der Waals surface area contributed by atoms with Crippen LogP contribution in [-0.4, -0.2) is 68.5 Å². The average molecular weight is 527 g/mol. The molecule has 0 saturated carbocycles. The molecule has 0 aliphatic carbocycles. The highest BCUT2D eigenvalue weighted by atomic mass is 32.2. The standard InChI is InChI=1S/C20H22N4O9S2/c1-33-16-8-10-17(11-9-16)35(31,32)23-13-5-4-12-22(19(23)20(25)26)21-34(29,30)14-15-6-2-3-7-18(15)24(27)28/h2-11,19,21H,12-14H2,1H3,(H,25,26). The molecular formula is C20H22N4O9S2. The number of hydrazine groups is 1. The first kappa shape index (κ1) is 26.2. The summed E-state index contributed by atoms with van der Waals surface area (Å²) in [5.41, 5.74) is -0.544. The van der Waals surface area contributed by atoms with Crippen molar-refractivity contribution in [2.75, 3.05) is 20.2 Å². The number of aliphatic carboxylic acids is 1. The van der Waals surface area contributed by atoms with Gasteiger partial charge in [0.2, 0.25) is 20.0 Å². The zero-order chi connectivity index (χ0) is 25.8. The highest BCUT2D eigenvalue weighted by molar-refractivity contribution is 7.89. The molecule has 0 amide bonds. The fraction of sp³-hybridized carbons (Fsp3) is 0.250. The number of nitrogens with one attached hydrogen (secondary N) is 1. The number of benzene rings is 2. The van der Waals surface area contributed by atoms with Gasteiger partial charge in [0, 0.05) is 24.7 Å². The first-order chi connectivity index (χ1) is 16.5.